The molecule has 27 heteroatoms. The Hall–Kier alpha value is -5.74. The van der Waals surface area contributed by atoms with E-state index in [1.807, 2.05) is 0 Å². The molecule has 0 spiro atoms. The molecule has 4 rings (SSSR count). The maximum absolute atomic E-state index is 12.7. The third-order valence-electron chi connectivity index (χ3n) is 7.59. The van der Waals surface area contributed by atoms with Crippen molar-refractivity contribution in [2.24, 2.45) is 0 Å². The first-order valence-electron chi connectivity index (χ1n) is 16.7. The lowest BCUT2D eigenvalue weighted by Crippen LogP contribution is -2.36. The highest BCUT2D eigenvalue weighted by Crippen LogP contribution is 2.25. The Bertz CT molecular complexity index is 2590. The van der Waals surface area contributed by atoms with Gasteiger partial charge in [-0.3, -0.25) is 10.6 Å². The van der Waals surface area contributed by atoms with Crippen molar-refractivity contribution in [2.75, 3.05) is 59.1 Å². The van der Waals surface area contributed by atoms with Gasteiger partial charge in [-0.15, -0.1) is 0 Å². The number of methoxy groups -OCH3 is 3. The number of aryl methyl sites for hydroxylation is 1. The highest BCUT2D eigenvalue weighted by molar-refractivity contribution is 7.93. The zero-order chi connectivity index (χ0) is 44.3. The van der Waals surface area contributed by atoms with Crippen LogP contribution < -0.4 is 34.3 Å². The van der Waals surface area contributed by atoms with E-state index in [0.29, 0.717) is 5.69 Å². The number of benzene rings is 2. The van der Waals surface area contributed by atoms with E-state index in [1.165, 1.54) is 71.8 Å². The average Bonchev–Trinajstić information content (AvgIpc) is 3.19. The van der Waals surface area contributed by atoms with E-state index in [0.717, 1.165) is 32.9 Å². The molecule has 0 aliphatic rings. The molecule has 2 heterocycles. The van der Waals surface area contributed by atoms with Gasteiger partial charge >= 0.3 is 12.1 Å². The van der Waals surface area contributed by atoms with Crippen LogP contribution in [0.5, 0.6) is 17.6 Å². The van der Waals surface area contributed by atoms with Crippen LogP contribution >= 0.6 is 0 Å². The van der Waals surface area contributed by atoms with Crippen LogP contribution in [-0.2, 0) is 40.1 Å². The van der Waals surface area contributed by atoms with Crippen molar-refractivity contribution in [1.82, 2.24) is 38.0 Å². The van der Waals surface area contributed by atoms with Crippen molar-refractivity contribution >= 4 is 64.1 Å². The first-order valence-corrected chi connectivity index (χ1v) is 22.6. The molecule has 2 aromatic heterocycles. The van der Waals surface area contributed by atoms with Gasteiger partial charge in [0, 0.05) is 38.9 Å². The first kappa shape index (κ1) is 47.6. The summed E-state index contributed by atoms with van der Waals surface area (Å²) in [5.41, 5.74) is 0.481. The Morgan fingerprint density at radius 1 is 0.559 bits per heavy atom. The fourth-order valence-electron chi connectivity index (χ4n) is 4.42. The van der Waals surface area contributed by atoms with Crippen molar-refractivity contribution in [3.8, 4) is 17.6 Å². The van der Waals surface area contributed by atoms with Gasteiger partial charge in [0.15, 0.2) is 0 Å². The van der Waals surface area contributed by atoms with Crippen LogP contribution in [0, 0.1) is 6.92 Å². The molecule has 0 aliphatic carbocycles. The lowest BCUT2D eigenvalue weighted by molar-refractivity contribution is 0.255. The number of nitrogens with one attached hydrogen (secondary N) is 4. The minimum atomic E-state index is -4.55. The van der Waals surface area contributed by atoms with Crippen LogP contribution in [-0.4, -0.2) is 123 Å². The molecule has 4 aromatic rings. The number of urea groups is 2. The molecular formula is C32H42N10O13S4. The Kier molecular flexibility index (Phi) is 16.0. The van der Waals surface area contributed by atoms with Gasteiger partial charge in [-0.25, -0.2) is 66.3 Å². The number of hydrogen-bond acceptors (Lipinski definition) is 17. The summed E-state index contributed by atoms with van der Waals surface area (Å²) >= 11 is 0. The zero-order valence-electron chi connectivity index (χ0n) is 32.8. The van der Waals surface area contributed by atoms with E-state index in [9.17, 15) is 43.3 Å². The number of carbonyl (C=O) groups excluding carboxylic acids is 2. The summed E-state index contributed by atoms with van der Waals surface area (Å²) in [6.07, 6.45) is 0. The third-order valence-corrected chi connectivity index (χ3v) is 14.6. The summed E-state index contributed by atoms with van der Waals surface area (Å²) in [6.45, 7) is 5.10. The van der Waals surface area contributed by atoms with Crippen LogP contribution in [0.4, 0.5) is 21.5 Å². The molecule has 0 saturated heterocycles. The Morgan fingerprint density at radius 2 is 0.881 bits per heavy atom. The molecule has 0 fully saturated rings. The van der Waals surface area contributed by atoms with Gasteiger partial charge in [0.2, 0.25) is 49.6 Å². The monoisotopic (exact) mass is 902 g/mol. The highest BCUT2D eigenvalue weighted by atomic mass is 32.2. The highest BCUT2D eigenvalue weighted by Gasteiger charge is 2.31. The van der Waals surface area contributed by atoms with Gasteiger partial charge in [0.05, 0.1) is 27.4 Å². The number of aromatic nitrogens is 4. The number of ether oxygens (including phenoxy) is 3. The molecule has 0 atom stereocenters. The van der Waals surface area contributed by atoms with Crippen LogP contribution in [0.3, 0.4) is 0 Å². The average molecular weight is 903 g/mol. The molecule has 0 bridgehead atoms. The van der Waals surface area contributed by atoms with Crippen LogP contribution in [0.15, 0.2) is 80.2 Å². The maximum Gasteiger partial charge on any atom is 0.335 e. The largest absolute Gasteiger partial charge is 0.481 e. The molecule has 59 heavy (non-hydrogen) atoms. The normalized spacial score (nSPS) is 11.8. The molecule has 322 valence electrons. The van der Waals surface area contributed by atoms with Crippen LogP contribution in [0.25, 0.3) is 0 Å². The fourth-order valence-corrected chi connectivity index (χ4v) is 10.2. The first-order chi connectivity index (χ1) is 27.6. The second kappa shape index (κ2) is 19.8. The molecule has 2 aromatic carbocycles. The topological polar surface area (TPSA) is 305 Å². The molecule has 4 N–H and O–H groups in total. The minimum Gasteiger partial charge on any atom is -0.481 e. The minimum absolute atomic E-state index is 0.0686. The predicted octanol–water partition coefficient (Wildman–Crippen LogP) is 1.59. The number of sulfonamides is 4. The standard InChI is InChI=1S/C16H21N5O7S2.C16H21N5O6S2/c1-5-21(2)30(25,26)12-9-7-6-8-11(12)29(23,24)20-16(22)19-15-17-13(27-3)10-14(18-15)28-4;1-5-21(3)29(25,26)13-9-7-6-8-12(13)28(23,24)20-16(22)19-15-17-11(2)10-14(18-15)27-4/h6-10H,5H2,1-4H3,(H2,17,18,19,20,22);6-10H,5H2,1-4H3,(H2,17,18,19,20,22). The quantitative estimate of drug-likeness (QED) is 0.132. The summed E-state index contributed by atoms with van der Waals surface area (Å²) < 4.78 is 122. The van der Waals surface area contributed by atoms with Crippen molar-refractivity contribution in [3.05, 3.63) is 66.4 Å². The molecular weight excluding hydrogens is 861 g/mol. The SMILES string of the molecule is CCN(C)S(=O)(=O)c1ccccc1S(=O)(=O)NC(=O)Nc1nc(C)cc(OC)n1.CCN(C)S(=O)(=O)c1ccccc1S(=O)(=O)NC(=O)Nc1nc(OC)cc(OC)n1. The van der Waals surface area contributed by atoms with Gasteiger partial charge in [-0.1, -0.05) is 38.1 Å². The smallest absolute Gasteiger partial charge is 0.335 e. The Morgan fingerprint density at radius 3 is 1.22 bits per heavy atom. The van der Waals surface area contributed by atoms with E-state index in [1.54, 1.807) is 30.2 Å². The van der Waals surface area contributed by atoms with Crippen LogP contribution in [0.2, 0.25) is 0 Å². The summed E-state index contributed by atoms with van der Waals surface area (Å²) in [4.78, 5) is 37.9. The second-order valence-corrected chi connectivity index (χ2v) is 18.8. The van der Waals surface area contributed by atoms with Crippen molar-refractivity contribution < 1.29 is 57.5 Å². The molecule has 0 saturated carbocycles. The maximum atomic E-state index is 12.7. The van der Waals surface area contributed by atoms with E-state index in [4.69, 9.17) is 14.2 Å². The Balaban J connectivity index is 0.000000316. The van der Waals surface area contributed by atoms with Crippen molar-refractivity contribution in [1.29, 1.82) is 0 Å². The van der Waals surface area contributed by atoms with E-state index in [2.05, 4.69) is 30.6 Å². The van der Waals surface area contributed by atoms with E-state index < -0.39 is 71.7 Å². The molecule has 0 aliphatic heterocycles. The van der Waals surface area contributed by atoms with Crippen LogP contribution in [0.1, 0.15) is 19.5 Å². The molecule has 4 amide bonds. The fraction of sp³-hybridized carbons (Fsp3) is 0.312. The lowest BCUT2D eigenvalue weighted by Gasteiger charge is -2.17. The number of anilines is 2. The third kappa shape index (κ3) is 12.1. The lowest BCUT2D eigenvalue weighted by atomic mass is 10.4. The van der Waals surface area contributed by atoms with E-state index in [-0.39, 0.29) is 42.6 Å². The Labute approximate surface area is 341 Å². The van der Waals surface area contributed by atoms with E-state index >= 15 is 0 Å². The van der Waals surface area contributed by atoms with Gasteiger partial charge in [-0.2, -0.15) is 15.0 Å². The van der Waals surface area contributed by atoms with Crippen molar-refractivity contribution in [3.63, 3.8) is 0 Å². The molecule has 0 unspecified atom stereocenters. The summed E-state index contributed by atoms with van der Waals surface area (Å²) in [5.74, 6) is -0.153. The summed E-state index contributed by atoms with van der Waals surface area (Å²) in [6, 6.07) is 10.4. The molecule has 23 nitrogen and oxygen atoms in total. The zero-order valence-corrected chi connectivity index (χ0v) is 36.1. The van der Waals surface area contributed by atoms with Crippen molar-refractivity contribution in [2.45, 2.75) is 40.4 Å². The second-order valence-electron chi connectivity index (χ2n) is 11.5. The summed E-state index contributed by atoms with van der Waals surface area (Å²) in [5, 5.41) is 4.32. The predicted molar refractivity (Wildman–Crippen MR) is 211 cm³/mol. The molecule has 0 radical (unpaired) electrons. The number of carbonyl (C=O) groups is 2. The van der Waals surface area contributed by atoms with Gasteiger partial charge in [0.1, 0.15) is 19.6 Å². The number of nitrogens with zero attached hydrogens (tertiary/aromatic N) is 6. The summed E-state index contributed by atoms with van der Waals surface area (Å²) in [7, 11) is -10.6. The van der Waals surface area contributed by atoms with Gasteiger partial charge in [0.25, 0.3) is 20.0 Å². The van der Waals surface area contributed by atoms with Gasteiger partial charge in [-0.05, 0) is 31.2 Å². The number of hydrogen-bond donors (Lipinski definition) is 4. The van der Waals surface area contributed by atoms with Gasteiger partial charge < -0.3 is 14.2 Å². The number of rotatable bonds is 15. The number of amides is 4.